The first-order valence-electron chi connectivity index (χ1n) is 4.04. The van der Waals surface area contributed by atoms with Crippen LogP contribution >= 0.6 is 22.9 Å². The van der Waals surface area contributed by atoms with Crippen molar-refractivity contribution in [3.8, 4) is 0 Å². The number of halogens is 1. The molecule has 0 aliphatic heterocycles. The fourth-order valence-corrected chi connectivity index (χ4v) is 2.89. The van der Waals surface area contributed by atoms with Gasteiger partial charge >= 0.3 is 0 Å². The molecule has 0 unspecified atom stereocenters. The fraction of sp³-hybridized carbons (Fsp3) is 0.444. The van der Waals surface area contributed by atoms with Gasteiger partial charge in [0.25, 0.3) is 0 Å². The van der Waals surface area contributed by atoms with E-state index in [1.165, 1.54) is 4.88 Å². The highest BCUT2D eigenvalue weighted by Gasteiger charge is 2.15. The van der Waals surface area contributed by atoms with Crippen LogP contribution in [-0.4, -0.2) is 5.78 Å². The topological polar surface area (TPSA) is 17.1 Å². The van der Waals surface area contributed by atoms with Crippen molar-refractivity contribution in [3.63, 3.8) is 0 Å². The number of Topliss-reactive ketones (excluding diaryl/α,β-unsaturated/α-hetero) is 1. The summed E-state index contributed by atoms with van der Waals surface area (Å²) in [6, 6.07) is 1.94. The molecule has 0 aromatic carbocycles. The minimum atomic E-state index is 0.350. The van der Waals surface area contributed by atoms with Crippen LogP contribution < -0.4 is 0 Å². The van der Waals surface area contributed by atoms with Crippen molar-refractivity contribution in [2.45, 2.75) is 25.7 Å². The Morgan fingerprint density at radius 3 is 3.08 bits per heavy atom. The van der Waals surface area contributed by atoms with Gasteiger partial charge in [-0.05, 0) is 24.5 Å². The maximum Gasteiger partial charge on any atom is 0.137 e. The molecule has 0 atom stereocenters. The van der Waals surface area contributed by atoms with Gasteiger partial charge in [0.2, 0.25) is 0 Å². The number of rotatable bonds is 0. The second kappa shape index (κ2) is 3.19. The highest BCUT2D eigenvalue weighted by atomic mass is 35.5. The van der Waals surface area contributed by atoms with Crippen molar-refractivity contribution >= 4 is 28.7 Å². The van der Waals surface area contributed by atoms with Crippen LogP contribution in [0.5, 0.6) is 0 Å². The molecule has 64 valence electrons. The van der Waals surface area contributed by atoms with E-state index >= 15 is 0 Å². The van der Waals surface area contributed by atoms with Gasteiger partial charge in [-0.2, -0.15) is 0 Å². The number of carbonyl (C=O) groups excluding carboxylic acids is 1. The molecule has 0 amide bonds. The molecule has 1 aromatic rings. The summed E-state index contributed by atoms with van der Waals surface area (Å²) >= 11 is 7.48. The number of thiophene rings is 1. The van der Waals surface area contributed by atoms with E-state index in [0.29, 0.717) is 12.2 Å². The van der Waals surface area contributed by atoms with Gasteiger partial charge in [0, 0.05) is 17.7 Å². The fourth-order valence-electron chi connectivity index (χ4n) is 1.54. The van der Waals surface area contributed by atoms with Crippen molar-refractivity contribution < 1.29 is 4.79 Å². The van der Waals surface area contributed by atoms with Crippen LogP contribution in [0.25, 0.3) is 0 Å². The molecular weight excluding hydrogens is 192 g/mol. The first-order chi connectivity index (χ1) is 5.75. The molecule has 0 saturated heterocycles. The van der Waals surface area contributed by atoms with E-state index < -0.39 is 0 Å². The number of carbonyl (C=O) groups is 1. The lowest BCUT2D eigenvalue weighted by atomic mass is 10.1. The molecule has 2 rings (SSSR count). The summed E-state index contributed by atoms with van der Waals surface area (Å²) in [6.07, 6.45) is 3.35. The Morgan fingerprint density at radius 2 is 2.25 bits per heavy atom. The zero-order valence-corrected chi connectivity index (χ0v) is 8.17. The molecule has 0 N–H and O–H groups in total. The molecule has 1 aliphatic carbocycles. The van der Waals surface area contributed by atoms with E-state index in [1.807, 2.05) is 6.07 Å². The third kappa shape index (κ3) is 1.54. The van der Waals surface area contributed by atoms with Gasteiger partial charge < -0.3 is 0 Å². The Morgan fingerprint density at radius 1 is 1.42 bits per heavy atom. The van der Waals surface area contributed by atoms with Gasteiger partial charge in [-0.25, -0.2) is 0 Å². The second-order valence-electron chi connectivity index (χ2n) is 3.07. The number of hydrogen-bond donors (Lipinski definition) is 0. The molecular formula is C9H9ClOS. The average Bonchev–Trinajstić information content (AvgIpc) is 2.23. The standard InChI is InChI=1S/C9H9ClOS/c10-9-5-6-4-7(11)2-1-3-8(6)12-9/h5H,1-4H2. The lowest BCUT2D eigenvalue weighted by Gasteiger charge is -1.92. The minimum absolute atomic E-state index is 0.350. The van der Waals surface area contributed by atoms with Crippen LogP contribution in [0, 0.1) is 0 Å². The van der Waals surface area contributed by atoms with Gasteiger partial charge in [0.05, 0.1) is 4.34 Å². The Kier molecular flexibility index (Phi) is 2.20. The smallest absolute Gasteiger partial charge is 0.137 e. The SMILES string of the molecule is O=C1CCCc2sc(Cl)cc2C1. The predicted molar refractivity (Wildman–Crippen MR) is 51.0 cm³/mol. The summed E-state index contributed by atoms with van der Waals surface area (Å²) in [5.41, 5.74) is 1.16. The maximum atomic E-state index is 11.2. The number of ketones is 1. The molecule has 0 saturated carbocycles. The molecule has 1 heterocycles. The second-order valence-corrected chi connectivity index (χ2v) is 4.84. The van der Waals surface area contributed by atoms with Crippen LogP contribution in [0.15, 0.2) is 6.07 Å². The third-order valence-corrected chi connectivity index (χ3v) is 3.48. The van der Waals surface area contributed by atoms with Gasteiger partial charge in [0.1, 0.15) is 5.78 Å². The Balaban J connectivity index is 2.36. The van der Waals surface area contributed by atoms with Crippen molar-refractivity contribution in [1.29, 1.82) is 0 Å². The van der Waals surface area contributed by atoms with Crippen LogP contribution in [0.2, 0.25) is 4.34 Å². The van der Waals surface area contributed by atoms with Gasteiger partial charge in [-0.3, -0.25) is 4.79 Å². The lowest BCUT2D eigenvalue weighted by Crippen LogP contribution is -1.98. The maximum absolute atomic E-state index is 11.2. The summed E-state index contributed by atoms with van der Waals surface area (Å²) < 4.78 is 0.815. The van der Waals surface area contributed by atoms with E-state index in [2.05, 4.69) is 0 Å². The average molecular weight is 201 g/mol. The Bertz CT molecular complexity index is 316. The minimum Gasteiger partial charge on any atom is -0.299 e. The lowest BCUT2D eigenvalue weighted by molar-refractivity contribution is -0.118. The molecule has 0 bridgehead atoms. The quantitative estimate of drug-likeness (QED) is 0.589. The first kappa shape index (κ1) is 8.27. The van der Waals surface area contributed by atoms with Gasteiger partial charge in [-0.15, -0.1) is 11.3 Å². The predicted octanol–water partition coefficient (Wildman–Crippen LogP) is 2.85. The van der Waals surface area contributed by atoms with Crippen molar-refractivity contribution in [2.24, 2.45) is 0 Å². The summed E-state index contributed by atoms with van der Waals surface area (Å²) in [6.45, 7) is 0. The van der Waals surface area contributed by atoms with Crippen LogP contribution in [0.4, 0.5) is 0 Å². The Hall–Kier alpha value is -0.340. The van der Waals surface area contributed by atoms with Gasteiger partial charge in [0.15, 0.2) is 0 Å². The summed E-state index contributed by atoms with van der Waals surface area (Å²) in [5, 5.41) is 0. The zero-order valence-electron chi connectivity index (χ0n) is 6.60. The van der Waals surface area contributed by atoms with Crippen molar-refractivity contribution in [1.82, 2.24) is 0 Å². The zero-order chi connectivity index (χ0) is 8.55. The van der Waals surface area contributed by atoms with E-state index in [-0.39, 0.29) is 0 Å². The summed E-state index contributed by atoms with van der Waals surface area (Å²) in [5.74, 6) is 0.350. The van der Waals surface area contributed by atoms with Crippen LogP contribution in [0.1, 0.15) is 23.3 Å². The molecule has 1 aliphatic rings. The van der Waals surface area contributed by atoms with E-state index in [4.69, 9.17) is 11.6 Å². The third-order valence-electron chi connectivity index (χ3n) is 2.11. The summed E-state index contributed by atoms with van der Waals surface area (Å²) in [4.78, 5) is 12.5. The molecule has 3 heteroatoms. The molecule has 0 radical (unpaired) electrons. The van der Waals surface area contributed by atoms with E-state index in [0.717, 1.165) is 29.2 Å². The number of aryl methyl sites for hydroxylation is 1. The van der Waals surface area contributed by atoms with E-state index in [9.17, 15) is 4.79 Å². The van der Waals surface area contributed by atoms with Crippen molar-refractivity contribution in [2.75, 3.05) is 0 Å². The summed E-state index contributed by atoms with van der Waals surface area (Å²) in [7, 11) is 0. The normalized spacial score (nSPS) is 17.2. The monoisotopic (exact) mass is 200 g/mol. The van der Waals surface area contributed by atoms with E-state index in [1.54, 1.807) is 11.3 Å². The molecule has 12 heavy (non-hydrogen) atoms. The molecule has 1 nitrogen and oxygen atoms in total. The van der Waals surface area contributed by atoms with Gasteiger partial charge in [-0.1, -0.05) is 11.6 Å². The molecule has 0 fully saturated rings. The number of hydrogen-bond acceptors (Lipinski definition) is 2. The van der Waals surface area contributed by atoms with Crippen LogP contribution in [-0.2, 0) is 17.6 Å². The first-order valence-corrected chi connectivity index (χ1v) is 5.24. The number of fused-ring (bicyclic) bond motifs is 1. The van der Waals surface area contributed by atoms with Crippen molar-refractivity contribution in [3.05, 3.63) is 20.8 Å². The molecule has 0 spiro atoms. The van der Waals surface area contributed by atoms with Crippen LogP contribution in [0.3, 0.4) is 0 Å². The Labute approximate surface area is 80.4 Å². The highest BCUT2D eigenvalue weighted by molar-refractivity contribution is 7.16. The largest absolute Gasteiger partial charge is 0.299 e. The highest BCUT2D eigenvalue weighted by Crippen LogP contribution is 2.30. The molecule has 1 aromatic heterocycles.